The lowest BCUT2D eigenvalue weighted by Crippen LogP contribution is -2.36. The van der Waals surface area contributed by atoms with Gasteiger partial charge in [0.15, 0.2) is 0 Å². The van der Waals surface area contributed by atoms with Crippen LogP contribution in [0.2, 0.25) is 10.0 Å². The summed E-state index contributed by atoms with van der Waals surface area (Å²) in [6.45, 7) is 7.61. The van der Waals surface area contributed by atoms with E-state index < -0.39 is 0 Å². The van der Waals surface area contributed by atoms with E-state index in [0.717, 1.165) is 29.4 Å². The van der Waals surface area contributed by atoms with Crippen molar-refractivity contribution in [3.63, 3.8) is 0 Å². The number of hydrogen-bond donors (Lipinski definition) is 1. The normalized spacial score (nSPS) is 11.8. The van der Waals surface area contributed by atoms with Crippen molar-refractivity contribution in [3.05, 3.63) is 33.8 Å². The molecule has 0 unspecified atom stereocenters. The van der Waals surface area contributed by atoms with Crippen LogP contribution in [0.15, 0.2) is 18.2 Å². The van der Waals surface area contributed by atoms with Crippen LogP contribution in [0.25, 0.3) is 0 Å². The highest BCUT2D eigenvalue weighted by Crippen LogP contribution is 2.20. The van der Waals surface area contributed by atoms with Crippen molar-refractivity contribution in [2.45, 2.75) is 45.6 Å². The molecule has 0 radical (unpaired) electrons. The summed E-state index contributed by atoms with van der Waals surface area (Å²) in [6.07, 6.45) is 3.35. The maximum Gasteiger partial charge on any atom is 0.0423 e. The highest BCUT2D eigenvalue weighted by Gasteiger charge is 2.07. The van der Waals surface area contributed by atoms with E-state index in [-0.39, 0.29) is 5.54 Å². The van der Waals surface area contributed by atoms with Crippen LogP contribution in [0, 0.1) is 0 Å². The van der Waals surface area contributed by atoms with Crippen LogP contribution in [-0.4, -0.2) is 12.1 Å². The molecule has 0 aromatic heterocycles. The van der Waals surface area contributed by atoms with Gasteiger partial charge in [0.1, 0.15) is 0 Å². The largest absolute Gasteiger partial charge is 0.312 e. The molecule has 17 heavy (non-hydrogen) atoms. The summed E-state index contributed by atoms with van der Waals surface area (Å²) >= 11 is 11.9. The molecule has 0 spiro atoms. The van der Waals surface area contributed by atoms with Crippen LogP contribution in [-0.2, 0) is 6.42 Å². The lowest BCUT2D eigenvalue weighted by molar-refractivity contribution is 0.419. The van der Waals surface area contributed by atoms with Crippen molar-refractivity contribution < 1.29 is 0 Å². The van der Waals surface area contributed by atoms with E-state index in [1.54, 1.807) is 6.07 Å². The van der Waals surface area contributed by atoms with E-state index in [0.29, 0.717) is 0 Å². The van der Waals surface area contributed by atoms with Crippen LogP contribution in [0.3, 0.4) is 0 Å². The van der Waals surface area contributed by atoms with Gasteiger partial charge >= 0.3 is 0 Å². The van der Waals surface area contributed by atoms with Crippen molar-refractivity contribution in [1.29, 1.82) is 0 Å². The van der Waals surface area contributed by atoms with Gasteiger partial charge in [0, 0.05) is 15.6 Å². The zero-order valence-electron chi connectivity index (χ0n) is 10.8. The Hall–Kier alpha value is -0.240. The van der Waals surface area contributed by atoms with Crippen molar-refractivity contribution in [1.82, 2.24) is 5.32 Å². The maximum atomic E-state index is 5.95. The molecule has 0 fully saturated rings. The van der Waals surface area contributed by atoms with E-state index in [4.69, 9.17) is 23.2 Å². The third-order valence-electron chi connectivity index (χ3n) is 2.47. The first-order valence-electron chi connectivity index (χ1n) is 6.07. The number of benzene rings is 1. The fraction of sp³-hybridized carbons (Fsp3) is 0.571. The first-order chi connectivity index (χ1) is 7.87. The fourth-order valence-electron chi connectivity index (χ4n) is 1.67. The summed E-state index contributed by atoms with van der Waals surface area (Å²) in [7, 11) is 0. The van der Waals surface area contributed by atoms with Gasteiger partial charge in [-0.25, -0.2) is 0 Å². The minimum atomic E-state index is 0.208. The molecule has 1 aromatic rings. The first-order valence-corrected chi connectivity index (χ1v) is 6.82. The molecule has 1 nitrogen and oxygen atoms in total. The Balaban J connectivity index is 2.27. The molecular weight excluding hydrogens is 253 g/mol. The second-order valence-corrected chi connectivity index (χ2v) is 6.28. The van der Waals surface area contributed by atoms with Crippen LogP contribution < -0.4 is 5.32 Å². The Morgan fingerprint density at radius 2 is 1.59 bits per heavy atom. The molecule has 0 saturated carbocycles. The van der Waals surface area contributed by atoms with E-state index in [2.05, 4.69) is 26.1 Å². The van der Waals surface area contributed by atoms with Gasteiger partial charge in [0.05, 0.1) is 0 Å². The number of rotatable bonds is 5. The molecule has 1 rings (SSSR count). The zero-order valence-corrected chi connectivity index (χ0v) is 12.3. The summed E-state index contributed by atoms with van der Waals surface area (Å²) < 4.78 is 0. The molecule has 0 bridgehead atoms. The van der Waals surface area contributed by atoms with Gasteiger partial charge in [-0.3, -0.25) is 0 Å². The van der Waals surface area contributed by atoms with Crippen LogP contribution in [0.1, 0.15) is 39.2 Å². The summed E-state index contributed by atoms with van der Waals surface area (Å²) in [4.78, 5) is 0. The van der Waals surface area contributed by atoms with Gasteiger partial charge in [-0.1, -0.05) is 23.2 Å². The average molecular weight is 274 g/mol. The van der Waals surface area contributed by atoms with E-state index >= 15 is 0 Å². The van der Waals surface area contributed by atoms with Crippen molar-refractivity contribution >= 4 is 23.2 Å². The molecule has 0 aliphatic rings. The predicted molar refractivity (Wildman–Crippen MR) is 77.2 cm³/mol. The Morgan fingerprint density at radius 1 is 1.00 bits per heavy atom. The molecule has 0 amide bonds. The standard InChI is InChI=1S/C14H21Cl2N/c1-14(2,3)17-7-5-4-6-11-8-12(15)10-13(16)9-11/h8-10,17H,4-7H2,1-3H3. The maximum absolute atomic E-state index is 5.95. The summed E-state index contributed by atoms with van der Waals surface area (Å²) in [5, 5.41) is 4.92. The fourth-order valence-corrected chi connectivity index (χ4v) is 2.24. The van der Waals surface area contributed by atoms with Gasteiger partial charge in [-0.05, 0) is 70.3 Å². The molecule has 0 aliphatic carbocycles. The first kappa shape index (κ1) is 14.8. The minimum absolute atomic E-state index is 0.208. The molecule has 0 aliphatic heterocycles. The van der Waals surface area contributed by atoms with Gasteiger partial charge in [0.25, 0.3) is 0 Å². The Bertz CT molecular complexity index is 335. The number of nitrogens with one attached hydrogen (secondary N) is 1. The number of aryl methyl sites for hydroxylation is 1. The van der Waals surface area contributed by atoms with Crippen molar-refractivity contribution in [2.75, 3.05) is 6.54 Å². The van der Waals surface area contributed by atoms with Crippen LogP contribution in [0.5, 0.6) is 0 Å². The Morgan fingerprint density at radius 3 is 2.12 bits per heavy atom. The monoisotopic (exact) mass is 273 g/mol. The van der Waals surface area contributed by atoms with Crippen molar-refractivity contribution in [3.8, 4) is 0 Å². The SMILES string of the molecule is CC(C)(C)NCCCCc1cc(Cl)cc(Cl)c1. The minimum Gasteiger partial charge on any atom is -0.312 e. The Kier molecular flexibility index (Phi) is 5.78. The van der Waals surface area contributed by atoms with Crippen LogP contribution in [0.4, 0.5) is 0 Å². The molecule has 0 saturated heterocycles. The molecule has 0 atom stereocenters. The quantitative estimate of drug-likeness (QED) is 0.767. The second kappa shape index (κ2) is 6.63. The molecule has 3 heteroatoms. The van der Waals surface area contributed by atoms with Gasteiger partial charge in [0.2, 0.25) is 0 Å². The summed E-state index contributed by atoms with van der Waals surface area (Å²) in [5.74, 6) is 0. The van der Waals surface area contributed by atoms with Gasteiger partial charge in [-0.2, -0.15) is 0 Å². The van der Waals surface area contributed by atoms with Crippen LogP contribution >= 0.6 is 23.2 Å². The molecule has 96 valence electrons. The van der Waals surface area contributed by atoms with E-state index in [1.807, 2.05) is 12.1 Å². The second-order valence-electron chi connectivity index (χ2n) is 5.41. The van der Waals surface area contributed by atoms with Crippen molar-refractivity contribution in [2.24, 2.45) is 0 Å². The average Bonchev–Trinajstić information content (AvgIpc) is 2.13. The van der Waals surface area contributed by atoms with Gasteiger partial charge in [-0.15, -0.1) is 0 Å². The molecular formula is C14H21Cl2N. The predicted octanol–water partition coefficient (Wildman–Crippen LogP) is 4.70. The van der Waals surface area contributed by atoms with E-state index in [9.17, 15) is 0 Å². The molecule has 1 N–H and O–H groups in total. The smallest absolute Gasteiger partial charge is 0.0423 e. The highest BCUT2D eigenvalue weighted by atomic mass is 35.5. The topological polar surface area (TPSA) is 12.0 Å². The number of halogens is 2. The molecule has 0 heterocycles. The third kappa shape index (κ3) is 6.92. The lowest BCUT2D eigenvalue weighted by atomic mass is 10.1. The lowest BCUT2D eigenvalue weighted by Gasteiger charge is -2.20. The number of unbranched alkanes of at least 4 members (excludes halogenated alkanes) is 1. The summed E-state index contributed by atoms with van der Waals surface area (Å²) in [6, 6.07) is 5.75. The third-order valence-corrected chi connectivity index (χ3v) is 2.91. The number of hydrogen-bond acceptors (Lipinski definition) is 1. The highest BCUT2D eigenvalue weighted by molar-refractivity contribution is 6.34. The molecule has 1 aromatic carbocycles. The van der Waals surface area contributed by atoms with E-state index in [1.165, 1.54) is 12.0 Å². The Labute approximate surface area is 115 Å². The zero-order chi connectivity index (χ0) is 12.9. The summed E-state index contributed by atoms with van der Waals surface area (Å²) in [5.41, 5.74) is 1.43. The van der Waals surface area contributed by atoms with Gasteiger partial charge < -0.3 is 5.32 Å².